The molecule has 100 valence electrons. The van der Waals surface area contributed by atoms with Crippen molar-refractivity contribution < 1.29 is 9.18 Å². The summed E-state index contributed by atoms with van der Waals surface area (Å²) in [5.41, 5.74) is 6.50. The standard InChI is InChI=1S/C15H22FNO/c1-15(2,3)9-12(8-14(18)10-17)11-4-6-13(16)7-5-11/h4-7,12H,8-10,17H2,1-3H3. The van der Waals surface area contributed by atoms with Crippen LogP contribution in [0.3, 0.4) is 0 Å². The number of Topliss-reactive ketones (excluding diaryl/α,β-unsaturated/α-hetero) is 1. The Kier molecular flexibility index (Phi) is 5.03. The first kappa shape index (κ1) is 14.8. The van der Waals surface area contributed by atoms with E-state index < -0.39 is 0 Å². The van der Waals surface area contributed by atoms with Crippen LogP contribution in [0.15, 0.2) is 24.3 Å². The van der Waals surface area contributed by atoms with E-state index in [4.69, 9.17) is 5.73 Å². The summed E-state index contributed by atoms with van der Waals surface area (Å²) < 4.78 is 12.9. The molecule has 1 aromatic rings. The van der Waals surface area contributed by atoms with Gasteiger partial charge in [0.25, 0.3) is 0 Å². The van der Waals surface area contributed by atoms with Gasteiger partial charge in [0.2, 0.25) is 0 Å². The summed E-state index contributed by atoms with van der Waals surface area (Å²) >= 11 is 0. The van der Waals surface area contributed by atoms with Gasteiger partial charge in [0.15, 0.2) is 0 Å². The van der Waals surface area contributed by atoms with Crippen LogP contribution in [-0.2, 0) is 4.79 Å². The third kappa shape index (κ3) is 4.96. The number of carbonyl (C=O) groups is 1. The second-order valence-electron chi connectivity index (χ2n) is 5.96. The molecule has 1 rings (SSSR count). The van der Waals surface area contributed by atoms with Gasteiger partial charge in [-0.15, -0.1) is 0 Å². The fourth-order valence-electron chi connectivity index (χ4n) is 2.14. The van der Waals surface area contributed by atoms with Crippen molar-refractivity contribution in [3.63, 3.8) is 0 Å². The van der Waals surface area contributed by atoms with E-state index in [-0.39, 0.29) is 29.5 Å². The summed E-state index contributed by atoms with van der Waals surface area (Å²) in [5.74, 6) is -0.0892. The van der Waals surface area contributed by atoms with Crippen LogP contribution in [0.2, 0.25) is 0 Å². The van der Waals surface area contributed by atoms with Gasteiger partial charge in [0.1, 0.15) is 11.6 Å². The second kappa shape index (κ2) is 6.10. The van der Waals surface area contributed by atoms with E-state index in [2.05, 4.69) is 20.8 Å². The van der Waals surface area contributed by atoms with Crippen LogP contribution in [-0.4, -0.2) is 12.3 Å². The summed E-state index contributed by atoms with van der Waals surface area (Å²) in [7, 11) is 0. The number of benzene rings is 1. The molecule has 2 nitrogen and oxygen atoms in total. The number of nitrogens with two attached hydrogens (primary N) is 1. The number of hydrogen-bond acceptors (Lipinski definition) is 2. The largest absolute Gasteiger partial charge is 0.324 e. The molecule has 0 heterocycles. The molecule has 0 saturated carbocycles. The molecule has 0 saturated heterocycles. The molecule has 0 amide bonds. The van der Waals surface area contributed by atoms with Crippen LogP contribution in [0, 0.1) is 11.2 Å². The van der Waals surface area contributed by atoms with Gasteiger partial charge in [-0.25, -0.2) is 4.39 Å². The molecule has 1 unspecified atom stereocenters. The third-order valence-corrected chi connectivity index (χ3v) is 2.90. The van der Waals surface area contributed by atoms with Crippen molar-refractivity contribution in [2.24, 2.45) is 11.1 Å². The lowest BCUT2D eigenvalue weighted by atomic mass is 9.79. The summed E-state index contributed by atoms with van der Waals surface area (Å²) in [4.78, 5) is 11.5. The van der Waals surface area contributed by atoms with Gasteiger partial charge in [-0.1, -0.05) is 32.9 Å². The molecule has 0 aromatic heterocycles. The Hall–Kier alpha value is -1.22. The number of halogens is 1. The van der Waals surface area contributed by atoms with Crippen LogP contribution in [0.5, 0.6) is 0 Å². The molecule has 0 spiro atoms. The molecule has 0 fully saturated rings. The highest BCUT2D eigenvalue weighted by molar-refractivity contribution is 5.81. The minimum Gasteiger partial charge on any atom is -0.324 e. The minimum absolute atomic E-state index is 0.0496. The Morgan fingerprint density at radius 3 is 2.28 bits per heavy atom. The Morgan fingerprint density at radius 2 is 1.83 bits per heavy atom. The van der Waals surface area contributed by atoms with E-state index in [9.17, 15) is 9.18 Å². The predicted octanol–water partition coefficient (Wildman–Crippen LogP) is 3.26. The molecule has 3 heteroatoms. The summed E-state index contributed by atoms with van der Waals surface area (Å²) in [5, 5.41) is 0. The van der Waals surface area contributed by atoms with Crippen molar-refractivity contribution in [2.75, 3.05) is 6.54 Å². The fourth-order valence-corrected chi connectivity index (χ4v) is 2.14. The highest BCUT2D eigenvalue weighted by atomic mass is 19.1. The molecule has 0 aliphatic rings. The lowest BCUT2D eigenvalue weighted by Gasteiger charge is -2.26. The van der Waals surface area contributed by atoms with E-state index in [0.717, 1.165) is 12.0 Å². The SMILES string of the molecule is CC(C)(C)CC(CC(=O)CN)c1ccc(F)cc1. The number of hydrogen-bond donors (Lipinski definition) is 1. The molecule has 0 bridgehead atoms. The molecule has 1 atom stereocenters. The highest BCUT2D eigenvalue weighted by Gasteiger charge is 2.22. The first-order valence-electron chi connectivity index (χ1n) is 6.29. The highest BCUT2D eigenvalue weighted by Crippen LogP contribution is 2.33. The van der Waals surface area contributed by atoms with Gasteiger partial charge < -0.3 is 5.73 Å². The van der Waals surface area contributed by atoms with Gasteiger partial charge >= 0.3 is 0 Å². The van der Waals surface area contributed by atoms with Gasteiger partial charge in [-0.2, -0.15) is 0 Å². The molecule has 2 N–H and O–H groups in total. The zero-order chi connectivity index (χ0) is 13.8. The Labute approximate surface area is 108 Å². The van der Waals surface area contributed by atoms with Gasteiger partial charge in [-0.3, -0.25) is 4.79 Å². The van der Waals surface area contributed by atoms with Gasteiger partial charge in [-0.05, 0) is 35.4 Å². The maximum absolute atomic E-state index is 12.9. The zero-order valence-corrected chi connectivity index (χ0v) is 11.4. The zero-order valence-electron chi connectivity index (χ0n) is 11.4. The predicted molar refractivity (Wildman–Crippen MR) is 71.9 cm³/mol. The minimum atomic E-state index is -0.251. The molecule has 0 aliphatic carbocycles. The topological polar surface area (TPSA) is 43.1 Å². The first-order valence-corrected chi connectivity index (χ1v) is 6.29. The summed E-state index contributed by atoms with van der Waals surface area (Å²) in [6.45, 7) is 6.48. The van der Waals surface area contributed by atoms with Crippen molar-refractivity contribution in [2.45, 2.75) is 39.5 Å². The van der Waals surface area contributed by atoms with Crippen LogP contribution in [0.25, 0.3) is 0 Å². The third-order valence-electron chi connectivity index (χ3n) is 2.90. The van der Waals surface area contributed by atoms with Crippen LogP contribution in [0.1, 0.15) is 45.1 Å². The lowest BCUT2D eigenvalue weighted by molar-refractivity contribution is -0.118. The van der Waals surface area contributed by atoms with Crippen molar-refractivity contribution in [1.82, 2.24) is 0 Å². The summed E-state index contributed by atoms with van der Waals surface area (Å²) in [6, 6.07) is 6.40. The van der Waals surface area contributed by atoms with Crippen molar-refractivity contribution in [3.05, 3.63) is 35.6 Å². The average molecular weight is 251 g/mol. The Morgan fingerprint density at radius 1 is 1.28 bits per heavy atom. The van der Waals surface area contributed by atoms with Gasteiger partial charge in [0.05, 0.1) is 6.54 Å². The number of carbonyl (C=O) groups excluding carboxylic acids is 1. The van der Waals surface area contributed by atoms with Gasteiger partial charge in [0, 0.05) is 6.42 Å². The quantitative estimate of drug-likeness (QED) is 0.872. The normalized spacial score (nSPS) is 13.4. The lowest BCUT2D eigenvalue weighted by Crippen LogP contribution is -2.20. The molecular weight excluding hydrogens is 229 g/mol. The number of rotatable bonds is 5. The van der Waals surface area contributed by atoms with Crippen LogP contribution < -0.4 is 5.73 Å². The number of ketones is 1. The van der Waals surface area contributed by atoms with E-state index in [1.54, 1.807) is 12.1 Å². The molecule has 18 heavy (non-hydrogen) atoms. The van der Waals surface area contributed by atoms with Crippen LogP contribution >= 0.6 is 0 Å². The van der Waals surface area contributed by atoms with Crippen molar-refractivity contribution >= 4 is 5.78 Å². The maximum Gasteiger partial charge on any atom is 0.147 e. The Balaban J connectivity index is 2.89. The molecule has 0 aliphatic heterocycles. The molecule has 0 radical (unpaired) electrons. The first-order chi connectivity index (χ1) is 8.31. The second-order valence-corrected chi connectivity index (χ2v) is 5.96. The van der Waals surface area contributed by atoms with E-state index >= 15 is 0 Å². The monoisotopic (exact) mass is 251 g/mol. The maximum atomic E-state index is 12.9. The van der Waals surface area contributed by atoms with E-state index in [0.29, 0.717) is 6.42 Å². The van der Waals surface area contributed by atoms with Crippen LogP contribution in [0.4, 0.5) is 4.39 Å². The summed E-state index contributed by atoms with van der Waals surface area (Å²) in [6.07, 6.45) is 1.31. The fraction of sp³-hybridized carbons (Fsp3) is 0.533. The van der Waals surface area contributed by atoms with E-state index in [1.807, 2.05) is 0 Å². The van der Waals surface area contributed by atoms with Crippen molar-refractivity contribution in [1.29, 1.82) is 0 Å². The Bertz CT molecular complexity index is 392. The van der Waals surface area contributed by atoms with E-state index in [1.165, 1.54) is 12.1 Å². The molecule has 1 aromatic carbocycles. The average Bonchev–Trinajstić information content (AvgIpc) is 2.27. The van der Waals surface area contributed by atoms with Crippen molar-refractivity contribution in [3.8, 4) is 0 Å². The molecular formula is C15H22FNO. The smallest absolute Gasteiger partial charge is 0.147 e.